The van der Waals surface area contributed by atoms with Crippen LogP contribution in [0.5, 0.6) is 0 Å². The number of carbonyl (C=O) groups excluding carboxylic acids is 1. The number of benzene rings is 1. The van der Waals surface area contributed by atoms with Crippen LogP contribution in [0.1, 0.15) is 71.6 Å². The van der Waals surface area contributed by atoms with Crippen molar-refractivity contribution >= 4 is 23.0 Å². The Morgan fingerprint density at radius 2 is 1.91 bits per heavy atom. The largest absolute Gasteiger partial charge is 0.344 e. The lowest BCUT2D eigenvalue weighted by molar-refractivity contribution is -0.121. The molecule has 7 heteroatoms. The predicted octanol–water partition coefficient (Wildman–Crippen LogP) is 5.15. The number of hydrogen-bond donors (Lipinski definition) is 1. The van der Waals surface area contributed by atoms with Gasteiger partial charge in [0.25, 0.3) is 5.78 Å². The number of nitrogens with zero attached hydrogens (tertiary/aromatic N) is 4. The number of carbonyl (C=O) groups is 1. The molecular formula is C25H29N5OS. The summed E-state index contributed by atoms with van der Waals surface area (Å²) in [5.74, 6) is 1.14. The Labute approximate surface area is 192 Å². The van der Waals surface area contributed by atoms with Crippen LogP contribution in [0, 0.1) is 13.8 Å². The van der Waals surface area contributed by atoms with Gasteiger partial charge in [0, 0.05) is 22.7 Å². The molecule has 0 radical (unpaired) electrons. The van der Waals surface area contributed by atoms with E-state index in [4.69, 9.17) is 0 Å². The maximum atomic E-state index is 13.0. The Morgan fingerprint density at radius 1 is 1.16 bits per heavy atom. The first-order chi connectivity index (χ1) is 15.5. The number of nitrogens with one attached hydrogen (secondary N) is 1. The smallest absolute Gasteiger partial charge is 0.252 e. The van der Waals surface area contributed by atoms with Crippen molar-refractivity contribution < 1.29 is 4.79 Å². The lowest BCUT2D eigenvalue weighted by atomic mass is 9.95. The minimum Gasteiger partial charge on any atom is -0.344 e. The molecule has 0 saturated heterocycles. The highest BCUT2D eigenvalue weighted by molar-refractivity contribution is 7.10. The van der Waals surface area contributed by atoms with Crippen LogP contribution < -0.4 is 5.32 Å². The van der Waals surface area contributed by atoms with E-state index in [-0.39, 0.29) is 11.9 Å². The normalized spacial score (nSPS) is 13.2. The van der Waals surface area contributed by atoms with Gasteiger partial charge in [-0.3, -0.25) is 4.79 Å². The van der Waals surface area contributed by atoms with E-state index in [9.17, 15) is 4.79 Å². The van der Waals surface area contributed by atoms with E-state index in [2.05, 4.69) is 64.6 Å². The first-order valence-electron chi connectivity index (χ1n) is 11.1. The second-order valence-electron chi connectivity index (χ2n) is 8.22. The lowest BCUT2D eigenvalue weighted by Crippen LogP contribution is -2.29. The molecule has 1 aromatic carbocycles. The number of hydrogen-bond acceptors (Lipinski definition) is 5. The summed E-state index contributed by atoms with van der Waals surface area (Å²) in [7, 11) is 0. The Kier molecular flexibility index (Phi) is 6.65. The van der Waals surface area contributed by atoms with Gasteiger partial charge in [-0.15, -0.1) is 11.3 Å². The fourth-order valence-electron chi connectivity index (χ4n) is 4.02. The van der Waals surface area contributed by atoms with Gasteiger partial charge in [0.05, 0.1) is 6.04 Å². The highest BCUT2D eigenvalue weighted by Gasteiger charge is 2.19. The Hall–Kier alpha value is -3.06. The number of thiophene rings is 1. The molecule has 0 spiro atoms. The summed E-state index contributed by atoms with van der Waals surface area (Å²) < 4.78 is 1.73. The fourth-order valence-corrected chi connectivity index (χ4v) is 4.82. The number of aromatic nitrogens is 4. The molecule has 2 unspecified atom stereocenters. The van der Waals surface area contributed by atoms with Crippen molar-refractivity contribution in [3.63, 3.8) is 0 Å². The molecule has 32 heavy (non-hydrogen) atoms. The minimum absolute atomic E-state index is 0.0203. The van der Waals surface area contributed by atoms with Crippen LogP contribution in [0.2, 0.25) is 0 Å². The van der Waals surface area contributed by atoms with Crippen molar-refractivity contribution in [2.24, 2.45) is 0 Å². The molecule has 6 nitrogen and oxygen atoms in total. The number of aryl methyl sites for hydroxylation is 2. The SMILES string of the molecule is CCC(C)c1ccc(C(NC(=O)CCc2c(C)nc3ncnn3c2C)c2cccs2)cc1. The van der Waals surface area contributed by atoms with E-state index in [0.29, 0.717) is 24.5 Å². The molecule has 166 valence electrons. The molecule has 4 aromatic rings. The van der Waals surface area contributed by atoms with Gasteiger partial charge < -0.3 is 5.32 Å². The molecule has 2 atom stereocenters. The van der Waals surface area contributed by atoms with Crippen LogP contribution in [0.4, 0.5) is 0 Å². The van der Waals surface area contributed by atoms with Crippen LogP contribution in [0.25, 0.3) is 5.78 Å². The lowest BCUT2D eigenvalue weighted by Gasteiger charge is -2.20. The van der Waals surface area contributed by atoms with Crippen molar-refractivity contribution in [1.29, 1.82) is 0 Å². The number of rotatable bonds is 8. The van der Waals surface area contributed by atoms with E-state index in [1.807, 2.05) is 25.3 Å². The zero-order valence-corrected chi connectivity index (χ0v) is 19.8. The number of amides is 1. The quantitative estimate of drug-likeness (QED) is 0.405. The molecule has 1 amide bonds. The molecule has 0 aliphatic heterocycles. The Morgan fingerprint density at radius 3 is 2.59 bits per heavy atom. The third-order valence-corrected chi connectivity index (χ3v) is 7.11. The van der Waals surface area contributed by atoms with Gasteiger partial charge in [0.2, 0.25) is 5.91 Å². The molecule has 1 N–H and O–H groups in total. The zero-order valence-electron chi connectivity index (χ0n) is 19.0. The maximum absolute atomic E-state index is 13.0. The second-order valence-corrected chi connectivity index (χ2v) is 9.20. The first-order valence-corrected chi connectivity index (χ1v) is 11.9. The van der Waals surface area contributed by atoms with E-state index >= 15 is 0 Å². The van der Waals surface area contributed by atoms with Gasteiger partial charge >= 0.3 is 0 Å². The summed E-state index contributed by atoms with van der Waals surface area (Å²) in [6.07, 6.45) is 3.61. The third kappa shape index (κ3) is 4.58. The Balaban J connectivity index is 1.50. The fraction of sp³-hybridized carbons (Fsp3) is 0.360. The van der Waals surface area contributed by atoms with Gasteiger partial charge in [-0.05, 0) is 60.7 Å². The number of fused-ring (bicyclic) bond motifs is 1. The van der Waals surface area contributed by atoms with Crippen LogP contribution in [-0.2, 0) is 11.2 Å². The van der Waals surface area contributed by atoms with E-state index in [1.54, 1.807) is 15.9 Å². The highest BCUT2D eigenvalue weighted by Crippen LogP contribution is 2.28. The van der Waals surface area contributed by atoms with E-state index in [1.165, 1.54) is 11.9 Å². The zero-order chi connectivity index (χ0) is 22.7. The molecule has 0 fully saturated rings. The van der Waals surface area contributed by atoms with Crippen LogP contribution in [0.3, 0.4) is 0 Å². The summed E-state index contributed by atoms with van der Waals surface area (Å²) in [6, 6.07) is 12.6. The van der Waals surface area contributed by atoms with Gasteiger partial charge in [0.1, 0.15) is 6.33 Å². The average molecular weight is 448 g/mol. The van der Waals surface area contributed by atoms with Crippen LogP contribution >= 0.6 is 11.3 Å². The monoisotopic (exact) mass is 447 g/mol. The predicted molar refractivity (Wildman–Crippen MR) is 128 cm³/mol. The Bertz CT molecular complexity index is 1200. The van der Waals surface area contributed by atoms with Gasteiger partial charge in [-0.1, -0.05) is 44.2 Å². The van der Waals surface area contributed by atoms with Crippen molar-refractivity contribution in [2.75, 3.05) is 0 Å². The van der Waals surface area contributed by atoms with Crippen molar-refractivity contribution in [2.45, 2.75) is 58.9 Å². The molecule has 0 saturated carbocycles. The van der Waals surface area contributed by atoms with Gasteiger partial charge in [0.15, 0.2) is 0 Å². The van der Waals surface area contributed by atoms with Crippen molar-refractivity contribution in [3.8, 4) is 0 Å². The second kappa shape index (κ2) is 9.61. The van der Waals surface area contributed by atoms with Crippen molar-refractivity contribution in [3.05, 3.63) is 81.1 Å². The summed E-state index contributed by atoms with van der Waals surface area (Å²) >= 11 is 1.66. The standard InChI is InChI=1S/C25H29N5OS/c1-5-16(2)19-8-10-20(11-9-19)24(22-7-6-14-32-22)29-23(31)13-12-21-17(3)28-25-26-15-27-30(25)18(21)4/h6-11,14-16,24H,5,12-13H2,1-4H3,(H,29,31). The molecule has 0 bridgehead atoms. The molecule has 3 heterocycles. The van der Waals surface area contributed by atoms with Gasteiger partial charge in [-0.2, -0.15) is 10.1 Å². The van der Waals surface area contributed by atoms with Gasteiger partial charge in [-0.25, -0.2) is 9.50 Å². The summed E-state index contributed by atoms with van der Waals surface area (Å²) in [5.41, 5.74) is 5.35. The molecule has 4 rings (SSSR count). The van der Waals surface area contributed by atoms with Crippen molar-refractivity contribution in [1.82, 2.24) is 24.9 Å². The highest BCUT2D eigenvalue weighted by atomic mass is 32.1. The van der Waals surface area contributed by atoms with E-state index < -0.39 is 0 Å². The summed E-state index contributed by atoms with van der Waals surface area (Å²) in [4.78, 5) is 22.8. The minimum atomic E-state index is -0.147. The molecule has 0 aliphatic carbocycles. The van der Waals surface area contributed by atoms with Crippen LogP contribution in [0.15, 0.2) is 48.1 Å². The maximum Gasteiger partial charge on any atom is 0.252 e. The first kappa shape index (κ1) is 22.1. The summed E-state index contributed by atoms with van der Waals surface area (Å²) in [5, 5.41) is 9.54. The molecule has 0 aliphatic rings. The summed E-state index contributed by atoms with van der Waals surface area (Å²) in [6.45, 7) is 8.40. The molecular weight excluding hydrogens is 418 g/mol. The molecule has 3 aromatic heterocycles. The van der Waals surface area contributed by atoms with Crippen LogP contribution in [-0.4, -0.2) is 25.5 Å². The van der Waals surface area contributed by atoms with E-state index in [0.717, 1.165) is 33.8 Å². The average Bonchev–Trinajstić information content (AvgIpc) is 3.49. The topological polar surface area (TPSA) is 72.2 Å². The third-order valence-electron chi connectivity index (χ3n) is 6.17.